The number of rotatable bonds is 6. The van der Waals surface area contributed by atoms with Crippen molar-refractivity contribution < 1.29 is 14.4 Å². The zero-order valence-electron chi connectivity index (χ0n) is 17.5. The van der Waals surface area contributed by atoms with E-state index < -0.39 is 11.6 Å². The van der Waals surface area contributed by atoms with Gasteiger partial charge in [-0.15, -0.1) is 0 Å². The van der Waals surface area contributed by atoms with Gasteiger partial charge in [-0.1, -0.05) is 20.8 Å². The molecule has 3 N–H and O–H groups in total. The summed E-state index contributed by atoms with van der Waals surface area (Å²) in [5.74, 6) is 0.422. The summed E-state index contributed by atoms with van der Waals surface area (Å²) in [6.07, 6.45) is 2.71. The van der Waals surface area contributed by atoms with Gasteiger partial charge in [-0.2, -0.15) is 5.10 Å². The lowest BCUT2D eigenvalue weighted by molar-refractivity contribution is -0.137. The average molecular weight is 423 g/mol. The van der Waals surface area contributed by atoms with E-state index in [4.69, 9.17) is 12.2 Å². The first-order valence-electron chi connectivity index (χ1n) is 10.1. The Kier molecular flexibility index (Phi) is 5.84. The van der Waals surface area contributed by atoms with Gasteiger partial charge in [0.1, 0.15) is 17.9 Å². The minimum atomic E-state index is -0.889. The summed E-state index contributed by atoms with van der Waals surface area (Å²) >= 11 is 5.15. The van der Waals surface area contributed by atoms with Crippen LogP contribution in [0.15, 0.2) is 0 Å². The topological polar surface area (TPSA) is 112 Å². The quantitative estimate of drug-likeness (QED) is 0.478. The summed E-state index contributed by atoms with van der Waals surface area (Å²) in [5.41, 5.74) is -0.930. The maximum atomic E-state index is 13.1. The first-order valence-corrected chi connectivity index (χ1v) is 10.5. The Balaban J connectivity index is 1.58. The first-order chi connectivity index (χ1) is 13.6. The number of carbonyl (C=O) groups excluding carboxylic acids is 3. The number of nitrogens with one attached hydrogen (secondary N) is 3. The van der Waals surface area contributed by atoms with Crippen LogP contribution in [0.3, 0.4) is 0 Å². The molecule has 0 aromatic carbocycles. The van der Waals surface area contributed by atoms with Gasteiger partial charge in [-0.05, 0) is 49.7 Å². The smallest absolute Gasteiger partial charge is 0.325 e. The van der Waals surface area contributed by atoms with Crippen molar-refractivity contribution in [3.05, 3.63) is 10.6 Å². The van der Waals surface area contributed by atoms with Crippen molar-refractivity contribution in [2.24, 2.45) is 11.3 Å². The summed E-state index contributed by atoms with van der Waals surface area (Å²) in [5, 5.41) is 12.5. The van der Waals surface area contributed by atoms with Gasteiger partial charge in [0.05, 0.1) is 0 Å². The zero-order valence-corrected chi connectivity index (χ0v) is 18.3. The monoisotopic (exact) mass is 422 g/mol. The molecule has 9 nitrogen and oxygen atoms in total. The van der Waals surface area contributed by atoms with Crippen molar-refractivity contribution in [1.82, 2.24) is 30.3 Å². The molecule has 1 saturated carbocycles. The molecule has 1 aliphatic heterocycles. The summed E-state index contributed by atoms with van der Waals surface area (Å²) in [7, 11) is 0. The number of aromatic nitrogens is 3. The van der Waals surface area contributed by atoms with Crippen molar-refractivity contribution >= 4 is 30.1 Å². The molecule has 4 amide bonds. The Morgan fingerprint density at radius 3 is 2.72 bits per heavy atom. The largest absolute Gasteiger partial charge is 0.354 e. The molecule has 1 spiro atoms. The lowest BCUT2D eigenvalue weighted by Crippen LogP contribution is -2.54. The van der Waals surface area contributed by atoms with Crippen molar-refractivity contribution in [3.8, 4) is 0 Å². The van der Waals surface area contributed by atoms with Gasteiger partial charge in [0, 0.05) is 19.5 Å². The number of hydrogen-bond acceptors (Lipinski definition) is 5. The van der Waals surface area contributed by atoms with Crippen LogP contribution in [0.2, 0.25) is 0 Å². The van der Waals surface area contributed by atoms with E-state index in [0.29, 0.717) is 43.0 Å². The van der Waals surface area contributed by atoms with E-state index in [2.05, 4.69) is 41.6 Å². The highest BCUT2D eigenvalue weighted by Crippen LogP contribution is 2.46. The summed E-state index contributed by atoms with van der Waals surface area (Å²) < 4.78 is 2.40. The highest BCUT2D eigenvalue weighted by atomic mass is 32.1. The van der Waals surface area contributed by atoms with Gasteiger partial charge in [-0.25, -0.2) is 4.79 Å². The lowest BCUT2D eigenvalue weighted by atomic mass is 9.64. The van der Waals surface area contributed by atoms with E-state index in [-0.39, 0.29) is 23.8 Å². The fourth-order valence-corrected chi connectivity index (χ4v) is 5.31. The highest BCUT2D eigenvalue weighted by molar-refractivity contribution is 7.71. The van der Waals surface area contributed by atoms with E-state index in [0.717, 1.165) is 17.1 Å². The minimum absolute atomic E-state index is 0.0410. The van der Waals surface area contributed by atoms with E-state index in [1.807, 2.05) is 11.5 Å². The Morgan fingerprint density at radius 1 is 1.34 bits per heavy atom. The van der Waals surface area contributed by atoms with Gasteiger partial charge in [-0.3, -0.25) is 19.6 Å². The zero-order chi connectivity index (χ0) is 21.4. The highest BCUT2D eigenvalue weighted by Gasteiger charge is 2.56. The molecule has 160 valence electrons. The molecule has 2 heterocycles. The van der Waals surface area contributed by atoms with Crippen molar-refractivity contribution in [2.75, 3.05) is 13.1 Å². The van der Waals surface area contributed by atoms with Crippen molar-refractivity contribution in [1.29, 1.82) is 0 Å². The molecule has 0 bridgehead atoms. The predicted molar refractivity (Wildman–Crippen MR) is 110 cm³/mol. The van der Waals surface area contributed by atoms with Gasteiger partial charge >= 0.3 is 6.03 Å². The van der Waals surface area contributed by atoms with Gasteiger partial charge in [0.2, 0.25) is 5.91 Å². The molecule has 3 rings (SSSR count). The second-order valence-corrected chi connectivity index (χ2v) is 9.43. The molecule has 1 aromatic heterocycles. The summed E-state index contributed by atoms with van der Waals surface area (Å²) in [6.45, 7) is 9.06. The van der Waals surface area contributed by atoms with Crippen LogP contribution in [0.1, 0.15) is 52.8 Å². The number of imide groups is 1. The summed E-state index contributed by atoms with van der Waals surface area (Å²) in [4.78, 5) is 39.0. The molecular formula is C19H30N6O3S. The Labute approximate surface area is 175 Å². The van der Waals surface area contributed by atoms with Gasteiger partial charge in [0.25, 0.3) is 5.91 Å². The minimum Gasteiger partial charge on any atom is -0.354 e. The molecule has 1 aromatic rings. The Morgan fingerprint density at radius 2 is 2.07 bits per heavy atom. The van der Waals surface area contributed by atoms with Crippen LogP contribution in [0.4, 0.5) is 4.79 Å². The third-order valence-electron chi connectivity index (χ3n) is 5.75. The van der Waals surface area contributed by atoms with Crippen LogP contribution in [-0.2, 0) is 22.6 Å². The first kappa shape index (κ1) is 21.5. The van der Waals surface area contributed by atoms with Crippen LogP contribution >= 0.6 is 12.2 Å². The summed E-state index contributed by atoms with van der Waals surface area (Å²) in [6, 6.07) is -0.484. The van der Waals surface area contributed by atoms with E-state index in [9.17, 15) is 14.4 Å². The standard InChI is InChI=1S/C19H30N6O3S/c1-5-24-13(22-23-17(24)29)6-7-20-14(26)10-25-15(27)19(21-16(25)28)9-12(2)8-18(3,4)11-19/h12H,5-11H2,1-4H3,(H,20,26)(H,21,28)(H,23,29). The van der Waals surface area contributed by atoms with Crippen molar-refractivity contribution in [3.63, 3.8) is 0 Å². The maximum Gasteiger partial charge on any atom is 0.325 e. The fraction of sp³-hybridized carbons (Fsp3) is 0.737. The molecule has 2 fully saturated rings. The van der Waals surface area contributed by atoms with Crippen LogP contribution in [-0.4, -0.2) is 56.1 Å². The van der Waals surface area contributed by atoms with E-state index in [1.165, 1.54) is 0 Å². The Bertz CT molecular complexity index is 876. The molecule has 1 aliphatic carbocycles. The molecule has 0 radical (unpaired) electrons. The number of aromatic amines is 1. The number of carbonyl (C=O) groups is 3. The van der Waals surface area contributed by atoms with Crippen LogP contribution in [0.25, 0.3) is 0 Å². The molecule has 2 atom stereocenters. The predicted octanol–water partition coefficient (Wildman–Crippen LogP) is 1.76. The van der Waals surface area contributed by atoms with Crippen LogP contribution in [0.5, 0.6) is 0 Å². The molecular weight excluding hydrogens is 392 g/mol. The fourth-order valence-electron chi connectivity index (χ4n) is 5.03. The molecule has 2 aliphatic rings. The van der Waals surface area contributed by atoms with Crippen LogP contribution in [0, 0.1) is 16.1 Å². The average Bonchev–Trinajstić information content (AvgIpc) is 3.05. The van der Waals surface area contributed by atoms with Crippen LogP contribution < -0.4 is 10.6 Å². The van der Waals surface area contributed by atoms with Crippen molar-refractivity contribution in [2.45, 2.75) is 65.5 Å². The second-order valence-electron chi connectivity index (χ2n) is 9.05. The van der Waals surface area contributed by atoms with E-state index >= 15 is 0 Å². The molecule has 29 heavy (non-hydrogen) atoms. The SMILES string of the molecule is CCn1c(CCNC(=O)CN2C(=O)NC3(CC(C)CC(C)(C)C3)C2=O)n[nH]c1=S. The third-order valence-corrected chi connectivity index (χ3v) is 6.06. The number of nitrogens with zero attached hydrogens (tertiary/aromatic N) is 3. The maximum absolute atomic E-state index is 13.1. The van der Waals surface area contributed by atoms with Gasteiger partial charge in [0.15, 0.2) is 4.77 Å². The molecule has 10 heteroatoms. The van der Waals surface area contributed by atoms with Gasteiger partial charge < -0.3 is 15.2 Å². The van der Waals surface area contributed by atoms with E-state index in [1.54, 1.807) is 0 Å². The molecule has 2 unspecified atom stereocenters. The number of amides is 4. The Hall–Kier alpha value is -2.23. The second kappa shape index (κ2) is 7.89. The number of urea groups is 1. The molecule has 1 saturated heterocycles. The number of H-pyrrole nitrogens is 1. The number of hydrogen-bond donors (Lipinski definition) is 3. The third kappa shape index (κ3) is 4.36. The lowest BCUT2D eigenvalue weighted by Gasteiger charge is -2.43. The normalized spacial score (nSPS) is 26.1.